The normalized spacial score (nSPS) is 10.9. The van der Waals surface area contributed by atoms with Gasteiger partial charge in [0, 0.05) is 19.6 Å². The second kappa shape index (κ2) is 6.33. The van der Waals surface area contributed by atoms with Crippen LogP contribution in [0.2, 0.25) is 0 Å². The van der Waals surface area contributed by atoms with Crippen molar-refractivity contribution in [1.82, 2.24) is 20.3 Å². The Labute approximate surface area is 118 Å². The predicted molar refractivity (Wildman–Crippen MR) is 78.3 cm³/mol. The van der Waals surface area contributed by atoms with E-state index < -0.39 is 0 Å². The second-order valence-electron chi connectivity index (χ2n) is 5.47. The fraction of sp³-hybridized carbons (Fsp3) is 0.636. The first kappa shape index (κ1) is 15.9. The SMILES string of the molecule is CN(C)c1nc(NN)nc(NCC(=O)NC(C)(C)C)n1. The molecular weight excluding hydrogens is 260 g/mol. The number of nitrogens with two attached hydrogens (primary N) is 1. The molecule has 5 N–H and O–H groups in total. The molecule has 0 aliphatic heterocycles. The average Bonchev–Trinajstić information content (AvgIpc) is 2.33. The van der Waals surface area contributed by atoms with Gasteiger partial charge in [-0.3, -0.25) is 10.2 Å². The van der Waals surface area contributed by atoms with E-state index in [-0.39, 0.29) is 29.9 Å². The molecule has 0 fully saturated rings. The van der Waals surface area contributed by atoms with E-state index >= 15 is 0 Å². The van der Waals surface area contributed by atoms with Crippen LogP contribution in [0.3, 0.4) is 0 Å². The van der Waals surface area contributed by atoms with Crippen LogP contribution in [0.25, 0.3) is 0 Å². The summed E-state index contributed by atoms with van der Waals surface area (Å²) in [5.41, 5.74) is 2.08. The molecule has 112 valence electrons. The summed E-state index contributed by atoms with van der Waals surface area (Å²) in [5.74, 6) is 6.09. The van der Waals surface area contributed by atoms with Gasteiger partial charge in [-0.2, -0.15) is 15.0 Å². The summed E-state index contributed by atoms with van der Waals surface area (Å²) in [5, 5.41) is 5.67. The molecule has 0 atom stereocenters. The third-order valence-corrected chi connectivity index (χ3v) is 2.07. The van der Waals surface area contributed by atoms with Crippen LogP contribution in [0.5, 0.6) is 0 Å². The maximum atomic E-state index is 11.7. The first-order valence-electron chi connectivity index (χ1n) is 6.16. The van der Waals surface area contributed by atoms with Gasteiger partial charge < -0.3 is 15.5 Å². The van der Waals surface area contributed by atoms with E-state index in [1.807, 2.05) is 20.8 Å². The van der Waals surface area contributed by atoms with Gasteiger partial charge in [-0.05, 0) is 20.8 Å². The Morgan fingerprint density at radius 1 is 1.20 bits per heavy atom. The molecular formula is C11H22N8O. The lowest BCUT2D eigenvalue weighted by Crippen LogP contribution is -2.43. The summed E-state index contributed by atoms with van der Waals surface area (Å²) < 4.78 is 0. The maximum absolute atomic E-state index is 11.7. The maximum Gasteiger partial charge on any atom is 0.243 e. The first-order valence-corrected chi connectivity index (χ1v) is 6.16. The van der Waals surface area contributed by atoms with E-state index in [2.05, 4.69) is 31.0 Å². The number of nitrogens with one attached hydrogen (secondary N) is 3. The zero-order valence-electron chi connectivity index (χ0n) is 12.5. The monoisotopic (exact) mass is 282 g/mol. The van der Waals surface area contributed by atoms with E-state index in [0.29, 0.717) is 5.95 Å². The molecule has 0 aliphatic rings. The lowest BCUT2D eigenvalue weighted by Gasteiger charge is -2.20. The van der Waals surface area contributed by atoms with Crippen molar-refractivity contribution >= 4 is 23.8 Å². The lowest BCUT2D eigenvalue weighted by molar-refractivity contribution is -0.120. The minimum atomic E-state index is -0.281. The van der Waals surface area contributed by atoms with Crippen LogP contribution in [0.1, 0.15) is 20.8 Å². The Morgan fingerprint density at radius 2 is 1.80 bits per heavy atom. The van der Waals surface area contributed by atoms with E-state index in [0.717, 1.165) is 0 Å². The van der Waals surface area contributed by atoms with E-state index in [1.165, 1.54) is 0 Å². The Hall–Kier alpha value is -2.16. The number of hydrogen-bond acceptors (Lipinski definition) is 8. The number of anilines is 3. The van der Waals surface area contributed by atoms with Crippen LogP contribution >= 0.6 is 0 Å². The molecule has 9 nitrogen and oxygen atoms in total. The van der Waals surface area contributed by atoms with Crippen molar-refractivity contribution in [3.05, 3.63) is 0 Å². The van der Waals surface area contributed by atoms with Crippen molar-refractivity contribution in [2.75, 3.05) is 36.3 Å². The summed E-state index contributed by atoms with van der Waals surface area (Å²) in [6.07, 6.45) is 0. The Kier molecular flexibility index (Phi) is 5.03. The molecule has 0 bridgehead atoms. The Balaban J connectivity index is 2.72. The molecule has 0 aromatic carbocycles. The fourth-order valence-corrected chi connectivity index (χ4v) is 1.33. The van der Waals surface area contributed by atoms with Gasteiger partial charge in [0.2, 0.25) is 23.8 Å². The number of nitrogen functional groups attached to an aromatic ring is 1. The Morgan fingerprint density at radius 3 is 2.30 bits per heavy atom. The first-order chi connectivity index (χ1) is 9.21. The summed E-state index contributed by atoms with van der Waals surface area (Å²) in [6.45, 7) is 5.80. The molecule has 1 rings (SSSR count). The number of carbonyl (C=O) groups excluding carboxylic acids is 1. The molecule has 1 amide bonds. The molecule has 0 radical (unpaired) electrons. The van der Waals surface area contributed by atoms with Gasteiger partial charge in [0.05, 0.1) is 6.54 Å². The second-order valence-corrected chi connectivity index (χ2v) is 5.47. The lowest BCUT2D eigenvalue weighted by atomic mass is 10.1. The smallest absolute Gasteiger partial charge is 0.243 e. The van der Waals surface area contributed by atoms with Gasteiger partial charge in [0.25, 0.3) is 0 Å². The fourth-order valence-electron chi connectivity index (χ4n) is 1.33. The number of hydrazine groups is 1. The largest absolute Gasteiger partial charge is 0.350 e. The van der Waals surface area contributed by atoms with Gasteiger partial charge >= 0.3 is 0 Å². The number of carbonyl (C=O) groups is 1. The number of nitrogens with zero attached hydrogens (tertiary/aromatic N) is 4. The van der Waals surface area contributed by atoms with Gasteiger partial charge in [0.15, 0.2) is 0 Å². The van der Waals surface area contributed by atoms with Crippen LogP contribution in [-0.4, -0.2) is 47.0 Å². The van der Waals surface area contributed by atoms with Crippen molar-refractivity contribution < 1.29 is 4.79 Å². The minimum absolute atomic E-state index is 0.0676. The molecule has 0 saturated carbocycles. The van der Waals surface area contributed by atoms with Crippen molar-refractivity contribution in [3.8, 4) is 0 Å². The number of hydrogen-bond donors (Lipinski definition) is 4. The van der Waals surface area contributed by atoms with Crippen molar-refractivity contribution in [1.29, 1.82) is 0 Å². The van der Waals surface area contributed by atoms with E-state index in [9.17, 15) is 4.79 Å². The van der Waals surface area contributed by atoms with E-state index in [1.54, 1.807) is 19.0 Å². The molecule has 1 aromatic rings. The highest BCUT2D eigenvalue weighted by Crippen LogP contribution is 2.10. The highest BCUT2D eigenvalue weighted by Gasteiger charge is 2.14. The molecule has 1 heterocycles. The molecule has 1 aromatic heterocycles. The Bertz CT molecular complexity index is 468. The highest BCUT2D eigenvalue weighted by molar-refractivity contribution is 5.80. The van der Waals surface area contributed by atoms with Crippen LogP contribution in [0, 0.1) is 0 Å². The summed E-state index contributed by atoms with van der Waals surface area (Å²) in [4.78, 5) is 25.7. The summed E-state index contributed by atoms with van der Waals surface area (Å²) in [7, 11) is 3.59. The molecule has 0 saturated heterocycles. The van der Waals surface area contributed by atoms with Crippen LogP contribution < -0.4 is 26.8 Å². The molecule has 0 unspecified atom stereocenters. The minimum Gasteiger partial charge on any atom is -0.350 e. The van der Waals surface area contributed by atoms with Crippen LogP contribution in [0.4, 0.5) is 17.8 Å². The van der Waals surface area contributed by atoms with Gasteiger partial charge in [0.1, 0.15) is 0 Å². The van der Waals surface area contributed by atoms with Crippen molar-refractivity contribution in [3.63, 3.8) is 0 Å². The summed E-state index contributed by atoms with van der Waals surface area (Å²) in [6, 6.07) is 0. The number of amides is 1. The zero-order valence-corrected chi connectivity index (χ0v) is 12.5. The van der Waals surface area contributed by atoms with Gasteiger partial charge in [-0.1, -0.05) is 0 Å². The van der Waals surface area contributed by atoms with E-state index in [4.69, 9.17) is 5.84 Å². The summed E-state index contributed by atoms with van der Waals surface area (Å²) >= 11 is 0. The van der Waals surface area contributed by atoms with Crippen molar-refractivity contribution in [2.45, 2.75) is 26.3 Å². The van der Waals surface area contributed by atoms with Crippen LogP contribution in [0.15, 0.2) is 0 Å². The number of rotatable bonds is 5. The molecule has 20 heavy (non-hydrogen) atoms. The van der Waals surface area contributed by atoms with Crippen molar-refractivity contribution in [2.24, 2.45) is 5.84 Å². The molecule has 0 spiro atoms. The van der Waals surface area contributed by atoms with Gasteiger partial charge in [-0.25, -0.2) is 5.84 Å². The third kappa shape index (κ3) is 5.22. The zero-order chi connectivity index (χ0) is 15.3. The van der Waals surface area contributed by atoms with Crippen LogP contribution in [-0.2, 0) is 4.79 Å². The standard InChI is InChI=1S/C11H22N8O/c1-11(2,3)17-7(20)6-13-8-14-9(18-12)16-10(15-8)19(4)5/h6,12H2,1-5H3,(H,17,20)(H2,13,14,15,16,18). The van der Waals surface area contributed by atoms with Gasteiger partial charge in [-0.15, -0.1) is 0 Å². The average molecular weight is 282 g/mol. The molecule has 0 aliphatic carbocycles. The third-order valence-electron chi connectivity index (χ3n) is 2.07. The topological polar surface area (TPSA) is 121 Å². The predicted octanol–water partition coefficient (Wildman–Crippen LogP) is -0.450. The number of aromatic nitrogens is 3. The quantitative estimate of drug-likeness (QED) is 0.423. The molecule has 9 heteroatoms. The highest BCUT2D eigenvalue weighted by atomic mass is 16.2.